The molecule has 0 aliphatic carbocycles. The number of carbonyl (C=O) groups excluding carboxylic acids is 1. The molecule has 4 rings (SSSR count). The SMILES string of the molecule is O=C1OC(c2cccc(Cl)c2)=N/C1=C/c1ccc(OCc2ccc(F)cc2)cc1. The number of carbonyl (C=O) groups is 1. The first kappa shape index (κ1) is 18.9. The maximum Gasteiger partial charge on any atom is 0.363 e. The lowest BCUT2D eigenvalue weighted by Gasteiger charge is -2.06. The molecule has 0 saturated heterocycles. The molecule has 0 aromatic heterocycles. The molecule has 29 heavy (non-hydrogen) atoms. The predicted molar refractivity (Wildman–Crippen MR) is 109 cm³/mol. The van der Waals surface area contributed by atoms with E-state index in [2.05, 4.69) is 4.99 Å². The highest BCUT2D eigenvalue weighted by atomic mass is 35.5. The molecule has 3 aromatic rings. The van der Waals surface area contributed by atoms with Gasteiger partial charge in [0.15, 0.2) is 5.70 Å². The number of hydrogen-bond acceptors (Lipinski definition) is 4. The van der Waals surface area contributed by atoms with Gasteiger partial charge >= 0.3 is 5.97 Å². The Bertz CT molecular complexity index is 1110. The fourth-order valence-corrected chi connectivity index (χ4v) is 2.91. The van der Waals surface area contributed by atoms with Crippen molar-refractivity contribution >= 4 is 29.5 Å². The molecular formula is C23H15ClFNO3. The van der Waals surface area contributed by atoms with Crippen molar-refractivity contribution in [3.8, 4) is 5.75 Å². The molecule has 144 valence electrons. The van der Waals surface area contributed by atoms with E-state index < -0.39 is 5.97 Å². The molecule has 3 aromatic carbocycles. The molecule has 0 amide bonds. The van der Waals surface area contributed by atoms with Crippen LogP contribution < -0.4 is 4.74 Å². The van der Waals surface area contributed by atoms with Crippen LogP contribution in [0.4, 0.5) is 4.39 Å². The summed E-state index contributed by atoms with van der Waals surface area (Å²) in [6.45, 7) is 0.334. The molecular weight excluding hydrogens is 393 g/mol. The second-order valence-electron chi connectivity index (χ2n) is 6.33. The largest absolute Gasteiger partial charge is 0.489 e. The van der Waals surface area contributed by atoms with Crippen LogP contribution in [0.25, 0.3) is 6.08 Å². The summed E-state index contributed by atoms with van der Waals surface area (Å²) in [5, 5.41) is 0.537. The highest BCUT2D eigenvalue weighted by Crippen LogP contribution is 2.22. The Morgan fingerprint density at radius 3 is 2.52 bits per heavy atom. The van der Waals surface area contributed by atoms with Gasteiger partial charge in [0.25, 0.3) is 0 Å². The molecule has 1 aliphatic heterocycles. The quantitative estimate of drug-likeness (QED) is 0.420. The molecule has 1 aliphatic rings. The Kier molecular flexibility index (Phi) is 5.40. The zero-order valence-corrected chi connectivity index (χ0v) is 15.9. The normalized spacial score (nSPS) is 14.6. The Hall–Kier alpha value is -3.44. The molecule has 0 bridgehead atoms. The number of cyclic esters (lactones) is 1. The van der Waals surface area contributed by atoms with Gasteiger partial charge in [0.1, 0.15) is 18.2 Å². The summed E-state index contributed by atoms with van der Waals surface area (Å²) in [6.07, 6.45) is 1.64. The van der Waals surface area contributed by atoms with E-state index in [0.29, 0.717) is 22.9 Å². The van der Waals surface area contributed by atoms with Crippen LogP contribution in [0, 0.1) is 5.82 Å². The van der Waals surface area contributed by atoms with Crippen molar-refractivity contribution in [3.05, 3.63) is 106 Å². The molecule has 6 heteroatoms. The second kappa shape index (κ2) is 8.29. The van der Waals surface area contributed by atoms with E-state index in [4.69, 9.17) is 21.1 Å². The van der Waals surface area contributed by atoms with Gasteiger partial charge in [0.05, 0.1) is 0 Å². The van der Waals surface area contributed by atoms with Gasteiger partial charge < -0.3 is 9.47 Å². The van der Waals surface area contributed by atoms with Crippen LogP contribution in [0.3, 0.4) is 0 Å². The van der Waals surface area contributed by atoms with Crippen LogP contribution in [0.15, 0.2) is 83.5 Å². The van der Waals surface area contributed by atoms with E-state index in [1.165, 1.54) is 12.1 Å². The lowest BCUT2D eigenvalue weighted by atomic mass is 10.2. The summed E-state index contributed by atoms with van der Waals surface area (Å²) in [7, 11) is 0. The third-order valence-corrected chi connectivity index (χ3v) is 4.43. The van der Waals surface area contributed by atoms with Crippen LogP contribution in [0.1, 0.15) is 16.7 Å². The first-order valence-corrected chi connectivity index (χ1v) is 9.20. The zero-order chi connectivity index (χ0) is 20.2. The Labute approximate surface area is 171 Å². The summed E-state index contributed by atoms with van der Waals surface area (Å²) in [5.74, 6) is 0.0889. The minimum absolute atomic E-state index is 0.208. The minimum atomic E-state index is -0.517. The molecule has 4 nitrogen and oxygen atoms in total. The number of benzene rings is 3. The Morgan fingerprint density at radius 1 is 1.03 bits per heavy atom. The predicted octanol–water partition coefficient (Wildman–Crippen LogP) is 5.40. The van der Waals surface area contributed by atoms with Crippen molar-refractivity contribution in [1.29, 1.82) is 0 Å². The standard InChI is InChI=1S/C23H15ClFNO3/c24-18-3-1-2-17(13-18)22-26-21(23(27)29-22)12-15-6-10-20(11-7-15)28-14-16-4-8-19(25)9-5-16/h1-13H,14H2/b21-12+. The number of nitrogens with zero attached hydrogens (tertiary/aromatic N) is 1. The van der Waals surface area contributed by atoms with Gasteiger partial charge in [-0.2, -0.15) is 0 Å². The van der Waals surface area contributed by atoms with Gasteiger partial charge in [0.2, 0.25) is 5.90 Å². The van der Waals surface area contributed by atoms with E-state index in [9.17, 15) is 9.18 Å². The molecule has 1 heterocycles. The zero-order valence-electron chi connectivity index (χ0n) is 15.1. The van der Waals surface area contributed by atoms with Crippen LogP contribution in [-0.4, -0.2) is 11.9 Å². The fourth-order valence-electron chi connectivity index (χ4n) is 2.72. The van der Waals surface area contributed by atoms with Gasteiger partial charge in [-0.15, -0.1) is 0 Å². The summed E-state index contributed by atoms with van der Waals surface area (Å²) < 4.78 is 23.9. The van der Waals surface area contributed by atoms with Crippen molar-refractivity contribution in [3.63, 3.8) is 0 Å². The molecule has 0 saturated carbocycles. The first-order valence-electron chi connectivity index (χ1n) is 8.83. The maximum atomic E-state index is 12.9. The molecule has 0 unspecified atom stereocenters. The minimum Gasteiger partial charge on any atom is -0.489 e. The highest BCUT2D eigenvalue weighted by Gasteiger charge is 2.24. The Morgan fingerprint density at radius 2 is 1.79 bits per heavy atom. The number of rotatable bonds is 5. The van der Waals surface area contributed by atoms with E-state index in [0.717, 1.165) is 11.1 Å². The molecule has 0 atom stereocenters. The molecule has 0 fully saturated rings. The van der Waals surface area contributed by atoms with Crippen LogP contribution >= 0.6 is 11.6 Å². The second-order valence-corrected chi connectivity index (χ2v) is 6.77. The van der Waals surface area contributed by atoms with Crippen molar-refractivity contribution < 1.29 is 18.7 Å². The summed E-state index contributed by atoms with van der Waals surface area (Å²) in [5.41, 5.74) is 2.50. The highest BCUT2D eigenvalue weighted by molar-refractivity contribution is 6.31. The number of esters is 1. The van der Waals surface area contributed by atoms with Gasteiger partial charge in [-0.05, 0) is 59.7 Å². The van der Waals surface area contributed by atoms with Crippen molar-refractivity contribution in [1.82, 2.24) is 0 Å². The lowest BCUT2D eigenvalue weighted by molar-refractivity contribution is -0.129. The first-order chi connectivity index (χ1) is 14.1. The van der Waals surface area contributed by atoms with Crippen LogP contribution in [-0.2, 0) is 16.1 Å². The molecule has 0 spiro atoms. The fraction of sp³-hybridized carbons (Fsp3) is 0.0435. The average molecular weight is 408 g/mol. The van der Waals surface area contributed by atoms with Gasteiger partial charge in [0, 0.05) is 10.6 Å². The van der Waals surface area contributed by atoms with Crippen molar-refractivity contribution in [2.75, 3.05) is 0 Å². The van der Waals surface area contributed by atoms with E-state index in [1.54, 1.807) is 54.6 Å². The topological polar surface area (TPSA) is 47.9 Å². The van der Waals surface area contributed by atoms with E-state index >= 15 is 0 Å². The average Bonchev–Trinajstić information content (AvgIpc) is 3.09. The smallest absolute Gasteiger partial charge is 0.363 e. The van der Waals surface area contributed by atoms with Crippen LogP contribution in [0.5, 0.6) is 5.75 Å². The van der Waals surface area contributed by atoms with E-state index in [1.807, 2.05) is 12.1 Å². The maximum absolute atomic E-state index is 12.9. The van der Waals surface area contributed by atoms with Crippen molar-refractivity contribution in [2.24, 2.45) is 4.99 Å². The van der Waals surface area contributed by atoms with Gasteiger partial charge in [-0.3, -0.25) is 0 Å². The number of halogens is 2. The molecule has 0 N–H and O–H groups in total. The lowest BCUT2D eigenvalue weighted by Crippen LogP contribution is -2.05. The van der Waals surface area contributed by atoms with Crippen molar-refractivity contribution in [2.45, 2.75) is 6.61 Å². The summed E-state index contributed by atoms with van der Waals surface area (Å²) >= 11 is 5.97. The summed E-state index contributed by atoms with van der Waals surface area (Å²) in [6, 6.07) is 20.3. The molecule has 0 radical (unpaired) electrons. The van der Waals surface area contributed by atoms with Crippen LogP contribution in [0.2, 0.25) is 5.02 Å². The number of aliphatic imine (C=N–C) groups is 1. The third-order valence-electron chi connectivity index (χ3n) is 4.19. The monoisotopic (exact) mass is 407 g/mol. The van der Waals surface area contributed by atoms with Gasteiger partial charge in [-0.1, -0.05) is 41.9 Å². The third kappa shape index (κ3) is 4.70. The summed E-state index contributed by atoms with van der Waals surface area (Å²) in [4.78, 5) is 16.4. The Balaban J connectivity index is 1.45. The number of ether oxygens (including phenoxy) is 2. The number of hydrogen-bond donors (Lipinski definition) is 0. The van der Waals surface area contributed by atoms with Gasteiger partial charge in [-0.25, -0.2) is 14.2 Å². The van der Waals surface area contributed by atoms with E-state index in [-0.39, 0.29) is 17.4 Å².